The van der Waals surface area contributed by atoms with Gasteiger partial charge in [-0.15, -0.1) is 0 Å². The first kappa shape index (κ1) is 21.3. The Morgan fingerprint density at radius 2 is 1.88 bits per heavy atom. The van der Waals surface area contributed by atoms with E-state index >= 15 is 0 Å². The quantitative estimate of drug-likeness (QED) is 0.315. The maximum Gasteiger partial charge on any atom is 0.283 e. The molecule has 0 radical (unpaired) electrons. The van der Waals surface area contributed by atoms with Crippen LogP contribution in [0.4, 0.5) is 5.69 Å². The first-order valence-electron chi connectivity index (χ1n) is 10.00. The molecule has 0 spiro atoms. The van der Waals surface area contributed by atoms with Crippen LogP contribution in [0.2, 0.25) is 0 Å². The number of carbonyl (C=O) groups is 1. The van der Waals surface area contributed by atoms with Crippen molar-refractivity contribution in [2.75, 3.05) is 6.61 Å². The molecule has 1 N–H and O–H groups in total. The van der Waals surface area contributed by atoms with Crippen molar-refractivity contribution in [1.82, 2.24) is 5.01 Å². The van der Waals surface area contributed by atoms with Gasteiger partial charge in [-0.2, -0.15) is 15.1 Å². The predicted octanol–water partition coefficient (Wildman–Crippen LogP) is 4.55. The van der Waals surface area contributed by atoms with Crippen molar-refractivity contribution < 1.29 is 18.9 Å². The summed E-state index contributed by atoms with van der Waals surface area (Å²) in [6.07, 6.45) is 1.38. The van der Waals surface area contributed by atoms with Crippen LogP contribution in [0.25, 0.3) is 17.4 Å². The maximum absolute atomic E-state index is 12.6. The Bertz CT molecular complexity index is 1410. The van der Waals surface area contributed by atoms with Gasteiger partial charge in [0.25, 0.3) is 11.6 Å². The van der Waals surface area contributed by atoms with Crippen molar-refractivity contribution in [1.29, 1.82) is 5.41 Å². The Labute approximate surface area is 196 Å². The number of nitrogens with zero attached hydrogens (tertiary/aromatic N) is 4. The van der Waals surface area contributed by atoms with Gasteiger partial charge in [-0.3, -0.25) is 20.3 Å². The maximum atomic E-state index is 12.6. The highest BCUT2D eigenvalue weighted by molar-refractivity contribution is 8.27. The van der Waals surface area contributed by atoms with Crippen molar-refractivity contribution in [2.24, 2.45) is 10.1 Å². The van der Waals surface area contributed by atoms with Gasteiger partial charge < -0.3 is 9.15 Å². The van der Waals surface area contributed by atoms with Gasteiger partial charge in [-0.1, -0.05) is 30.3 Å². The number of nitrogens with one attached hydrogen (secondary N) is 1. The molecule has 0 saturated heterocycles. The van der Waals surface area contributed by atoms with E-state index < -0.39 is 10.8 Å². The molecule has 0 aliphatic carbocycles. The number of aliphatic imine (C=N–C) groups is 1. The minimum atomic E-state index is -0.604. The number of amidine groups is 2. The summed E-state index contributed by atoms with van der Waals surface area (Å²) in [7, 11) is 0. The third-order valence-corrected chi connectivity index (χ3v) is 5.76. The highest BCUT2D eigenvalue weighted by Crippen LogP contribution is 2.33. The molecule has 11 heteroatoms. The summed E-state index contributed by atoms with van der Waals surface area (Å²) in [5, 5.41) is 26.2. The van der Waals surface area contributed by atoms with E-state index in [1.54, 1.807) is 30.3 Å². The fraction of sp³-hybridized carbons (Fsp3) is 0.0435. The number of furan rings is 1. The molecular formula is C23H15N5O5S. The molecule has 168 valence electrons. The first-order valence-corrected chi connectivity index (χ1v) is 10.8. The van der Waals surface area contributed by atoms with Crippen molar-refractivity contribution in [2.45, 2.75) is 0 Å². The smallest absolute Gasteiger partial charge is 0.283 e. The molecule has 0 atom stereocenters. The molecule has 3 aromatic rings. The fourth-order valence-electron chi connectivity index (χ4n) is 3.31. The van der Waals surface area contributed by atoms with Crippen molar-refractivity contribution >= 4 is 45.5 Å². The molecule has 1 amide bonds. The first-order chi connectivity index (χ1) is 16.5. The third kappa shape index (κ3) is 4.11. The molecule has 34 heavy (non-hydrogen) atoms. The number of fused-ring (bicyclic) bond motifs is 1. The van der Waals surface area contributed by atoms with Crippen LogP contribution in [-0.4, -0.2) is 38.5 Å². The Morgan fingerprint density at radius 1 is 1.12 bits per heavy atom. The number of nitro groups is 1. The lowest BCUT2D eigenvalue weighted by Gasteiger charge is -2.19. The number of rotatable bonds is 6. The molecule has 1 aromatic heterocycles. The summed E-state index contributed by atoms with van der Waals surface area (Å²) in [5.74, 6) is 0.446. The Morgan fingerprint density at radius 3 is 2.68 bits per heavy atom. The summed E-state index contributed by atoms with van der Waals surface area (Å²) < 4.78 is 11.4. The van der Waals surface area contributed by atoms with Gasteiger partial charge in [0.05, 0.1) is 16.1 Å². The largest absolute Gasteiger partial charge is 0.487 e. The molecule has 0 bridgehead atoms. The van der Waals surface area contributed by atoms with E-state index in [2.05, 4.69) is 10.1 Å². The lowest BCUT2D eigenvalue weighted by molar-refractivity contribution is -0.384. The van der Waals surface area contributed by atoms with Crippen molar-refractivity contribution in [3.63, 3.8) is 0 Å². The summed E-state index contributed by atoms with van der Waals surface area (Å²) in [6.45, 7) is 0.169. The number of nitro benzene ring substituents is 1. The number of amides is 1. The second-order valence-electron chi connectivity index (χ2n) is 7.09. The molecule has 0 fully saturated rings. The summed E-state index contributed by atoms with van der Waals surface area (Å²) >= 11 is 1.16. The van der Waals surface area contributed by atoms with E-state index in [1.807, 2.05) is 30.3 Å². The lowest BCUT2D eigenvalue weighted by Crippen LogP contribution is -2.35. The number of carbonyl (C=O) groups excluding carboxylic acids is 1. The predicted molar refractivity (Wildman–Crippen MR) is 128 cm³/mol. The molecule has 2 aliphatic heterocycles. The van der Waals surface area contributed by atoms with Gasteiger partial charge >= 0.3 is 0 Å². The van der Waals surface area contributed by atoms with Crippen LogP contribution >= 0.6 is 11.8 Å². The number of para-hydroxylation sites is 2. The number of benzene rings is 2. The van der Waals surface area contributed by atoms with E-state index in [4.69, 9.17) is 14.6 Å². The van der Waals surface area contributed by atoms with E-state index in [0.29, 0.717) is 16.4 Å². The standard InChI is InChI=1S/C23H15N5O5S/c24-21-17(12-15-10-11-19(33-15)16-8-4-5-9-18(16)28(30)31)22(29)25-23-27(21)26-20(34-23)13-32-14-6-2-1-3-7-14/h1-12,24H,13H2/b17-12-,24-21?. The van der Waals surface area contributed by atoms with Gasteiger partial charge in [0, 0.05) is 6.07 Å². The fourth-order valence-corrected chi connectivity index (χ4v) is 4.11. The minimum absolute atomic E-state index is 0.0122. The Hall–Kier alpha value is -4.51. The monoisotopic (exact) mass is 473 g/mol. The zero-order valence-electron chi connectivity index (χ0n) is 17.4. The van der Waals surface area contributed by atoms with Gasteiger partial charge in [-0.05, 0) is 48.2 Å². The Balaban J connectivity index is 1.37. The zero-order valence-corrected chi connectivity index (χ0v) is 18.2. The van der Waals surface area contributed by atoms with E-state index in [9.17, 15) is 14.9 Å². The van der Waals surface area contributed by atoms with Crippen LogP contribution in [0.3, 0.4) is 0 Å². The number of ether oxygens (including phenoxy) is 1. The van der Waals surface area contributed by atoms with Crippen LogP contribution in [0.1, 0.15) is 5.76 Å². The van der Waals surface area contributed by atoms with Gasteiger partial charge in [0.15, 0.2) is 5.84 Å². The van der Waals surface area contributed by atoms with Crippen LogP contribution in [0.5, 0.6) is 5.75 Å². The average molecular weight is 473 g/mol. The van der Waals surface area contributed by atoms with Gasteiger partial charge in [0.1, 0.15) is 28.9 Å². The molecule has 2 aliphatic rings. The van der Waals surface area contributed by atoms with Crippen LogP contribution in [0, 0.1) is 15.5 Å². The van der Waals surface area contributed by atoms with E-state index in [1.165, 1.54) is 17.2 Å². The highest BCUT2D eigenvalue weighted by Gasteiger charge is 2.36. The molecule has 10 nitrogen and oxygen atoms in total. The summed E-state index contributed by atoms with van der Waals surface area (Å²) in [5.41, 5.74) is 0.202. The normalized spacial score (nSPS) is 16.4. The Kier molecular flexibility index (Phi) is 5.52. The SMILES string of the molecule is N=C1/C(=C/c2ccc(-c3ccccc3[N+](=O)[O-])o2)C(=O)N=C2SC(COc3ccccc3)=NN12. The summed E-state index contributed by atoms with van der Waals surface area (Å²) in [4.78, 5) is 27.5. The topological polar surface area (TPSA) is 134 Å². The third-order valence-electron chi connectivity index (χ3n) is 4.88. The van der Waals surface area contributed by atoms with Crippen molar-refractivity contribution in [3.8, 4) is 17.1 Å². The van der Waals surface area contributed by atoms with Gasteiger partial charge in [0.2, 0.25) is 5.17 Å². The van der Waals surface area contributed by atoms with E-state index in [0.717, 1.165) is 11.8 Å². The van der Waals surface area contributed by atoms with Crippen molar-refractivity contribution in [3.05, 3.63) is 88.2 Å². The van der Waals surface area contributed by atoms with E-state index in [-0.39, 0.29) is 40.4 Å². The minimum Gasteiger partial charge on any atom is -0.487 e. The highest BCUT2D eigenvalue weighted by atomic mass is 32.2. The number of hydrogen-bond donors (Lipinski definition) is 1. The second kappa shape index (κ2) is 8.79. The lowest BCUT2D eigenvalue weighted by atomic mass is 10.1. The van der Waals surface area contributed by atoms with Crippen LogP contribution in [0.15, 0.2) is 86.8 Å². The zero-order chi connectivity index (χ0) is 23.7. The number of hydrazone groups is 1. The molecule has 5 rings (SSSR count). The van der Waals surface area contributed by atoms with Gasteiger partial charge in [-0.25, -0.2) is 0 Å². The molecule has 0 unspecified atom stereocenters. The summed E-state index contributed by atoms with van der Waals surface area (Å²) in [6, 6.07) is 18.6. The molecule has 2 aromatic carbocycles. The number of thioether (sulfide) groups is 1. The average Bonchev–Trinajstić information content (AvgIpc) is 3.48. The molecule has 0 saturated carbocycles. The van der Waals surface area contributed by atoms with Crippen LogP contribution in [-0.2, 0) is 4.79 Å². The molecule has 3 heterocycles. The molecular weight excluding hydrogens is 458 g/mol. The number of hydrogen-bond acceptors (Lipinski definition) is 8. The van der Waals surface area contributed by atoms with Crippen LogP contribution < -0.4 is 4.74 Å². The second-order valence-corrected chi connectivity index (χ2v) is 8.13.